The Morgan fingerprint density at radius 3 is 2.44 bits per heavy atom. The van der Waals surface area contributed by atoms with Crippen LogP contribution in [0.15, 0.2) is 78.4 Å². The van der Waals surface area contributed by atoms with Crippen molar-refractivity contribution in [2.24, 2.45) is 5.41 Å². The number of anilines is 1. The highest BCUT2D eigenvalue weighted by molar-refractivity contribution is 6.16. The first kappa shape index (κ1) is 27.1. The Labute approximate surface area is 246 Å². The van der Waals surface area contributed by atoms with Gasteiger partial charge in [0, 0.05) is 66.1 Å². The first-order valence-electron chi connectivity index (χ1n) is 14.4. The minimum Gasteiger partial charge on any atom is -0.324 e. The first-order valence-corrected chi connectivity index (χ1v) is 14.4. The third-order valence-corrected chi connectivity index (χ3v) is 9.74. The monoisotopic (exact) mass is 579 g/mol. The van der Waals surface area contributed by atoms with Crippen LogP contribution in [0.5, 0.6) is 0 Å². The Morgan fingerprint density at radius 2 is 1.67 bits per heavy atom. The van der Waals surface area contributed by atoms with Gasteiger partial charge in [-0.05, 0) is 54.8 Å². The van der Waals surface area contributed by atoms with Gasteiger partial charge in [-0.1, -0.05) is 36.8 Å². The number of nitrogens with one attached hydrogen (secondary N) is 2. The Bertz CT molecular complexity index is 1720. The van der Waals surface area contributed by atoms with Crippen LogP contribution >= 0.6 is 0 Å². The summed E-state index contributed by atoms with van der Waals surface area (Å²) in [5, 5.41) is 29.6. The highest BCUT2D eigenvalue weighted by Crippen LogP contribution is 2.67. The second-order valence-electron chi connectivity index (χ2n) is 11.7. The standard InChI is InChI=1S/C32H29N5O6/c38-29-22(16-20-11-13-23(14-12-20)36(40)41)18-33-19-31(29)28(21-6-5-7-24(17-21)37(42)43)27-10-3-4-15-35(27)32(31)25-8-1-2-9-26(25)34-30(32)39/h1-2,5-9,11-14,16-17,27-28,33H,3-4,10,15,18-19H2,(H,34,39)/b22-16+/t27-,28-,31?,32-/m0/s1. The Balaban J connectivity index is 1.49. The number of benzene rings is 3. The largest absolute Gasteiger partial charge is 0.324 e. The highest BCUT2D eigenvalue weighted by atomic mass is 16.6. The van der Waals surface area contributed by atoms with E-state index >= 15 is 4.79 Å². The average molecular weight is 580 g/mol. The van der Waals surface area contributed by atoms with E-state index in [2.05, 4.69) is 15.5 Å². The number of rotatable bonds is 4. The summed E-state index contributed by atoms with van der Waals surface area (Å²) < 4.78 is 0. The van der Waals surface area contributed by atoms with Crippen molar-refractivity contribution in [3.8, 4) is 0 Å². The summed E-state index contributed by atoms with van der Waals surface area (Å²) in [6.45, 7) is 1.06. The summed E-state index contributed by atoms with van der Waals surface area (Å²) >= 11 is 0. The van der Waals surface area contributed by atoms with E-state index in [0.29, 0.717) is 28.9 Å². The number of nitro benzene ring substituents is 2. The number of non-ortho nitro benzene ring substituents is 2. The predicted octanol–water partition coefficient (Wildman–Crippen LogP) is 4.54. The van der Waals surface area contributed by atoms with Crippen molar-refractivity contribution in [1.29, 1.82) is 0 Å². The van der Waals surface area contributed by atoms with Gasteiger partial charge < -0.3 is 10.6 Å². The van der Waals surface area contributed by atoms with Gasteiger partial charge in [-0.15, -0.1) is 0 Å². The van der Waals surface area contributed by atoms with Crippen LogP contribution < -0.4 is 10.6 Å². The lowest BCUT2D eigenvalue weighted by Gasteiger charge is -2.49. The summed E-state index contributed by atoms with van der Waals surface area (Å²) in [5.41, 5.74) is 0.344. The molecule has 218 valence electrons. The molecule has 0 aromatic heterocycles. The van der Waals surface area contributed by atoms with Crippen molar-refractivity contribution >= 4 is 34.8 Å². The van der Waals surface area contributed by atoms with Gasteiger partial charge in [0.15, 0.2) is 5.78 Å². The lowest BCUT2D eigenvalue weighted by atomic mass is 9.55. The van der Waals surface area contributed by atoms with Gasteiger partial charge >= 0.3 is 0 Å². The van der Waals surface area contributed by atoms with Gasteiger partial charge in [0.05, 0.1) is 15.3 Å². The molecule has 3 saturated heterocycles. The third kappa shape index (κ3) is 3.74. The van der Waals surface area contributed by atoms with Gasteiger partial charge in [0.1, 0.15) is 5.54 Å². The molecule has 3 aromatic rings. The molecule has 4 atom stereocenters. The number of hydrogen-bond acceptors (Lipinski definition) is 8. The zero-order valence-electron chi connectivity index (χ0n) is 23.2. The van der Waals surface area contributed by atoms with Crippen molar-refractivity contribution in [3.63, 3.8) is 0 Å². The molecule has 4 heterocycles. The number of fused-ring (bicyclic) bond motifs is 5. The Kier molecular flexibility index (Phi) is 6.26. The number of carbonyl (C=O) groups excluding carboxylic acids is 2. The molecule has 0 aliphatic carbocycles. The average Bonchev–Trinajstić information content (AvgIpc) is 3.46. The van der Waals surface area contributed by atoms with Crippen LogP contribution in [0.4, 0.5) is 17.1 Å². The van der Waals surface area contributed by atoms with Crippen LogP contribution in [0.2, 0.25) is 0 Å². The molecule has 43 heavy (non-hydrogen) atoms. The summed E-state index contributed by atoms with van der Waals surface area (Å²) in [6, 6.07) is 19.8. The van der Waals surface area contributed by atoms with E-state index < -0.39 is 26.7 Å². The van der Waals surface area contributed by atoms with Gasteiger partial charge in [-0.2, -0.15) is 0 Å². The molecule has 3 fully saturated rings. The molecule has 2 spiro atoms. The second-order valence-corrected chi connectivity index (χ2v) is 11.7. The molecule has 0 bridgehead atoms. The Hall–Kier alpha value is -4.74. The van der Waals surface area contributed by atoms with Crippen molar-refractivity contribution < 1.29 is 19.4 Å². The molecule has 4 aliphatic heterocycles. The third-order valence-electron chi connectivity index (χ3n) is 9.74. The van der Waals surface area contributed by atoms with Crippen LogP contribution in [-0.4, -0.2) is 52.1 Å². The smallest absolute Gasteiger partial charge is 0.269 e. The maximum absolute atomic E-state index is 15.2. The van der Waals surface area contributed by atoms with Gasteiger partial charge in [-0.25, -0.2) is 0 Å². The fourth-order valence-corrected chi connectivity index (χ4v) is 8.23. The number of Topliss-reactive ketones (excluding diaryl/α,β-unsaturated/α-hetero) is 1. The minimum atomic E-state index is -1.34. The zero-order chi connectivity index (χ0) is 29.9. The molecular weight excluding hydrogens is 550 g/mol. The number of piperidine rings is 2. The number of nitro groups is 2. The summed E-state index contributed by atoms with van der Waals surface area (Å²) in [7, 11) is 0. The van der Waals surface area contributed by atoms with Crippen LogP contribution in [0.25, 0.3) is 6.08 Å². The van der Waals surface area contributed by atoms with Crippen molar-refractivity contribution in [2.75, 3.05) is 25.0 Å². The van der Waals surface area contributed by atoms with E-state index in [1.165, 1.54) is 18.2 Å². The van der Waals surface area contributed by atoms with Gasteiger partial charge in [0.25, 0.3) is 17.3 Å². The first-order chi connectivity index (χ1) is 20.8. The van der Waals surface area contributed by atoms with E-state index in [4.69, 9.17) is 0 Å². The number of ketones is 1. The van der Waals surface area contributed by atoms with Crippen LogP contribution in [-0.2, 0) is 15.1 Å². The lowest BCUT2D eigenvalue weighted by Crippen LogP contribution is -2.65. The maximum atomic E-state index is 15.2. The second kappa shape index (κ2) is 9.92. The zero-order valence-corrected chi connectivity index (χ0v) is 23.2. The minimum absolute atomic E-state index is 0.0525. The molecule has 0 saturated carbocycles. The summed E-state index contributed by atoms with van der Waals surface area (Å²) in [5.74, 6) is -0.979. The lowest BCUT2D eigenvalue weighted by molar-refractivity contribution is -0.385. The maximum Gasteiger partial charge on any atom is 0.269 e. The number of nitrogens with zero attached hydrogens (tertiary/aromatic N) is 3. The van der Waals surface area contributed by atoms with E-state index in [9.17, 15) is 25.0 Å². The quantitative estimate of drug-likeness (QED) is 0.260. The van der Waals surface area contributed by atoms with Crippen molar-refractivity contribution in [2.45, 2.75) is 36.8 Å². The van der Waals surface area contributed by atoms with E-state index in [1.807, 2.05) is 30.3 Å². The molecular formula is C32H29N5O6. The fourth-order valence-electron chi connectivity index (χ4n) is 8.23. The van der Waals surface area contributed by atoms with Crippen molar-refractivity contribution in [1.82, 2.24) is 10.2 Å². The summed E-state index contributed by atoms with van der Waals surface area (Å²) in [6.07, 6.45) is 4.24. The number of carbonyl (C=O) groups is 2. The molecule has 11 nitrogen and oxygen atoms in total. The van der Waals surface area contributed by atoms with Crippen molar-refractivity contribution in [3.05, 3.63) is 115 Å². The molecule has 1 amide bonds. The fraction of sp³-hybridized carbons (Fsp3) is 0.312. The molecule has 0 radical (unpaired) electrons. The molecule has 3 aromatic carbocycles. The molecule has 2 N–H and O–H groups in total. The van der Waals surface area contributed by atoms with E-state index in [1.54, 1.807) is 30.3 Å². The van der Waals surface area contributed by atoms with Crippen LogP contribution in [0.1, 0.15) is 41.9 Å². The predicted molar refractivity (Wildman–Crippen MR) is 158 cm³/mol. The normalized spacial score (nSPS) is 29.1. The van der Waals surface area contributed by atoms with E-state index in [0.717, 1.165) is 24.8 Å². The molecule has 7 rings (SSSR count). The molecule has 11 heteroatoms. The molecule has 4 aliphatic rings. The topological polar surface area (TPSA) is 148 Å². The highest BCUT2D eigenvalue weighted by Gasteiger charge is 2.77. The number of amides is 1. The van der Waals surface area contributed by atoms with Crippen LogP contribution in [0, 0.1) is 25.6 Å². The molecule has 1 unspecified atom stereocenters. The SMILES string of the molecule is O=C1/C(=C/c2ccc([N+](=O)[O-])cc2)CNCC12[C@@H](c1cccc([N+](=O)[O-])c1)[C@@H]1CCCCN1[C@@]21C(=O)Nc2ccccc21. The van der Waals surface area contributed by atoms with Gasteiger partial charge in [0.2, 0.25) is 0 Å². The van der Waals surface area contributed by atoms with Gasteiger partial charge in [-0.3, -0.25) is 34.7 Å². The Morgan fingerprint density at radius 1 is 0.907 bits per heavy atom. The van der Waals surface area contributed by atoms with Crippen LogP contribution in [0.3, 0.4) is 0 Å². The number of hydrogen-bond donors (Lipinski definition) is 2. The van der Waals surface area contributed by atoms with E-state index in [-0.39, 0.29) is 42.2 Å². The summed E-state index contributed by atoms with van der Waals surface area (Å²) in [4.78, 5) is 54.1. The number of para-hydroxylation sites is 1.